The average Bonchev–Trinajstić information content (AvgIpc) is 2.90. The van der Waals surface area contributed by atoms with Crippen LogP contribution in [0.15, 0.2) is 6.20 Å². The minimum atomic E-state index is 0.487. The lowest BCUT2D eigenvalue weighted by Gasteiger charge is -2.23. The summed E-state index contributed by atoms with van der Waals surface area (Å²) in [6, 6.07) is 0.487. The van der Waals surface area contributed by atoms with Gasteiger partial charge in [0, 0.05) is 30.1 Å². The summed E-state index contributed by atoms with van der Waals surface area (Å²) >= 11 is 1.76. The van der Waals surface area contributed by atoms with Crippen LogP contribution in [-0.4, -0.2) is 25.8 Å². The summed E-state index contributed by atoms with van der Waals surface area (Å²) in [6.07, 6.45) is 4.11. The van der Waals surface area contributed by atoms with Gasteiger partial charge in [0.2, 0.25) is 0 Å². The van der Waals surface area contributed by atoms with Crippen molar-refractivity contribution in [2.45, 2.75) is 45.8 Å². The maximum atomic E-state index is 4.42. The minimum Gasteiger partial charge on any atom is -0.307 e. The fourth-order valence-electron chi connectivity index (χ4n) is 2.33. The van der Waals surface area contributed by atoms with Crippen molar-refractivity contribution in [3.8, 4) is 0 Å². The first-order valence-electron chi connectivity index (χ1n) is 6.26. The van der Waals surface area contributed by atoms with E-state index in [-0.39, 0.29) is 0 Å². The van der Waals surface area contributed by atoms with Crippen molar-refractivity contribution in [3.63, 3.8) is 0 Å². The van der Waals surface area contributed by atoms with Gasteiger partial charge in [0.05, 0.1) is 11.6 Å². The highest BCUT2D eigenvalue weighted by Crippen LogP contribution is 2.15. The number of nitrogens with one attached hydrogen (secondary N) is 1. The highest BCUT2D eigenvalue weighted by molar-refractivity contribution is 7.11. The van der Waals surface area contributed by atoms with Crippen molar-refractivity contribution in [3.05, 3.63) is 27.7 Å². The number of thiazole rings is 1. The third kappa shape index (κ3) is 2.44. The van der Waals surface area contributed by atoms with Gasteiger partial charge in [0.1, 0.15) is 11.6 Å². The van der Waals surface area contributed by atoms with Crippen LogP contribution in [-0.2, 0) is 19.5 Å². The summed E-state index contributed by atoms with van der Waals surface area (Å²) in [5, 5.41) is 9.13. The summed E-state index contributed by atoms with van der Waals surface area (Å²) in [6.45, 7) is 5.82. The van der Waals surface area contributed by atoms with Gasteiger partial charge >= 0.3 is 0 Å². The predicted octanol–water partition coefficient (Wildman–Crippen LogP) is 1.46. The molecule has 0 saturated carbocycles. The topological polar surface area (TPSA) is 55.6 Å². The highest BCUT2D eigenvalue weighted by Gasteiger charge is 2.20. The van der Waals surface area contributed by atoms with Crippen molar-refractivity contribution in [1.82, 2.24) is 25.1 Å². The number of aryl methyl sites for hydroxylation is 3. The molecule has 2 aromatic heterocycles. The van der Waals surface area contributed by atoms with E-state index in [2.05, 4.69) is 20.4 Å². The zero-order valence-electron chi connectivity index (χ0n) is 10.7. The molecule has 1 aliphatic heterocycles. The zero-order valence-corrected chi connectivity index (χ0v) is 11.5. The van der Waals surface area contributed by atoms with E-state index < -0.39 is 0 Å². The standard InChI is InChI=1S/C12H17N5S/c1-8-15-12-4-3-10(7-17(12)16-8)14-6-11-5-13-9(2)18-11/h5,10,14H,3-4,6-7H2,1-2H3/t10-/m1/s1. The largest absolute Gasteiger partial charge is 0.307 e. The Hall–Kier alpha value is -1.27. The first-order valence-corrected chi connectivity index (χ1v) is 7.07. The second-order valence-electron chi connectivity index (χ2n) is 4.72. The predicted molar refractivity (Wildman–Crippen MR) is 70.6 cm³/mol. The van der Waals surface area contributed by atoms with Crippen LogP contribution in [0.4, 0.5) is 0 Å². The third-order valence-electron chi connectivity index (χ3n) is 3.20. The normalized spacial score (nSPS) is 18.9. The van der Waals surface area contributed by atoms with Crippen LogP contribution in [0.5, 0.6) is 0 Å². The Kier molecular flexibility index (Phi) is 3.13. The fraction of sp³-hybridized carbons (Fsp3) is 0.583. The van der Waals surface area contributed by atoms with Crippen molar-refractivity contribution in [2.75, 3.05) is 0 Å². The molecule has 1 N–H and O–H groups in total. The number of aromatic nitrogens is 4. The Morgan fingerprint density at radius 1 is 1.50 bits per heavy atom. The summed E-state index contributed by atoms with van der Waals surface area (Å²) in [4.78, 5) is 9.99. The SMILES string of the molecule is Cc1nc2n(n1)C[C@H](NCc1cnc(C)s1)CC2. The molecule has 1 aliphatic rings. The minimum absolute atomic E-state index is 0.487. The molecule has 0 spiro atoms. The number of fused-ring (bicyclic) bond motifs is 1. The summed E-state index contributed by atoms with van der Waals surface area (Å²) in [5.74, 6) is 2.00. The molecule has 5 nitrogen and oxygen atoms in total. The quantitative estimate of drug-likeness (QED) is 0.911. The van der Waals surface area contributed by atoms with Crippen molar-refractivity contribution < 1.29 is 0 Å². The first kappa shape index (κ1) is 11.8. The van der Waals surface area contributed by atoms with Gasteiger partial charge in [-0.25, -0.2) is 14.6 Å². The molecule has 3 heterocycles. The van der Waals surface area contributed by atoms with E-state index in [1.54, 1.807) is 11.3 Å². The molecule has 0 amide bonds. The average molecular weight is 263 g/mol. The molecule has 0 bridgehead atoms. The summed E-state index contributed by atoms with van der Waals surface area (Å²) in [5.41, 5.74) is 0. The molecule has 18 heavy (non-hydrogen) atoms. The molecule has 6 heteroatoms. The fourth-order valence-corrected chi connectivity index (χ4v) is 3.08. The molecule has 0 saturated heterocycles. The van der Waals surface area contributed by atoms with Crippen LogP contribution < -0.4 is 5.32 Å². The molecule has 0 aromatic carbocycles. The maximum Gasteiger partial charge on any atom is 0.147 e. The van der Waals surface area contributed by atoms with E-state index in [1.165, 1.54) is 4.88 Å². The third-order valence-corrected chi connectivity index (χ3v) is 4.11. The van der Waals surface area contributed by atoms with E-state index in [0.29, 0.717) is 6.04 Å². The zero-order chi connectivity index (χ0) is 12.5. The van der Waals surface area contributed by atoms with E-state index >= 15 is 0 Å². The van der Waals surface area contributed by atoms with Crippen LogP contribution in [0, 0.1) is 13.8 Å². The molecule has 96 valence electrons. The molecule has 0 unspecified atom stereocenters. The lowest BCUT2D eigenvalue weighted by molar-refractivity contribution is 0.358. The van der Waals surface area contributed by atoms with Crippen LogP contribution in [0.3, 0.4) is 0 Å². The molecule has 1 atom stereocenters. The molecule has 0 fully saturated rings. The summed E-state index contributed by atoms with van der Waals surface area (Å²) in [7, 11) is 0. The molecule has 3 rings (SSSR count). The Bertz CT molecular complexity index is 544. The molecule has 0 aliphatic carbocycles. The Morgan fingerprint density at radius 2 is 2.39 bits per heavy atom. The molecular formula is C12H17N5S. The number of nitrogens with zero attached hydrogens (tertiary/aromatic N) is 4. The van der Waals surface area contributed by atoms with Gasteiger partial charge in [-0.3, -0.25) is 0 Å². The summed E-state index contributed by atoms with van der Waals surface area (Å²) < 4.78 is 2.04. The van der Waals surface area contributed by atoms with Crippen LogP contribution in [0.2, 0.25) is 0 Å². The maximum absolute atomic E-state index is 4.42. The van der Waals surface area contributed by atoms with Crippen LogP contribution >= 0.6 is 11.3 Å². The molecule has 0 radical (unpaired) electrons. The van der Waals surface area contributed by atoms with Gasteiger partial charge in [0.15, 0.2) is 0 Å². The monoisotopic (exact) mass is 263 g/mol. The second kappa shape index (κ2) is 4.78. The lowest BCUT2D eigenvalue weighted by atomic mass is 10.1. The van der Waals surface area contributed by atoms with E-state index in [4.69, 9.17) is 0 Å². The number of hydrogen-bond donors (Lipinski definition) is 1. The number of hydrogen-bond acceptors (Lipinski definition) is 5. The van der Waals surface area contributed by atoms with E-state index in [1.807, 2.05) is 24.7 Å². The van der Waals surface area contributed by atoms with Crippen molar-refractivity contribution in [1.29, 1.82) is 0 Å². The van der Waals surface area contributed by atoms with E-state index in [0.717, 1.165) is 42.6 Å². The Morgan fingerprint density at radius 3 is 3.17 bits per heavy atom. The molecular weight excluding hydrogens is 246 g/mol. The van der Waals surface area contributed by atoms with Crippen molar-refractivity contribution >= 4 is 11.3 Å². The first-order chi connectivity index (χ1) is 8.70. The van der Waals surface area contributed by atoms with Gasteiger partial charge in [-0.15, -0.1) is 11.3 Å². The van der Waals surface area contributed by atoms with Gasteiger partial charge in [-0.05, 0) is 20.3 Å². The Balaban J connectivity index is 1.59. The lowest BCUT2D eigenvalue weighted by Crippen LogP contribution is -2.37. The van der Waals surface area contributed by atoms with Gasteiger partial charge < -0.3 is 5.32 Å². The van der Waals surface area contributed by atoms with Gasteiger partial charge in [-0.2, -0.15) is 5.10 Å². The highest BCUT2D eigenvalue weighted by atomic mass is 32.1. The van der Waals surface area contributed by atoms with Gasteiger partial charge in [0.25, 0.3) is 0 Å². The van der Waals surface area contributed by atoms with Crippen LogP contribution in [0.25, 0.3) is 0 Å². The van der Waals surface area contributed by atoms with Crippen molar-refractivity contribution in [2.24, 2.45) is 0 Å². The number of rotatable bonds is 3. The van der Waals surface area contributed by atoms with Crippen LogP contribution in [0.1, 0.15) is 28.0 Å². The van der Waals surface area contributed by atoms with Gasteiger partial charge in [-0.1, -0.05) is 0 Å². The molecule has 2 aromatic rings. The van der Waals surface area contributed by atoms with E-state index in [9.17, 15) is 0 Å². The Labute approximate surface area is 110 Å². The second-order valence-corrected chi connectivity index (χ2v) is 6.04. The smallest absolute Gasteiger partial charge is 0.147 e.